The topological polar surface area (TPSA) is 73.8 Å². The minimum absolute atomic E-state index is 0.0694. The first-order chi connectivity index (χ1) is 4.61. The molecule has 0 radical (unpaired) electrons. The van der Waals surface area contributed by atoms with Gasteiger partial charge in [-0.1, -0.05) is 0 Å². The van der Waals surface area contributed by atoms with Gasteiger partial charge >= 0.3 is 0 Å². The number of aryl methyl sites for hydroxylation is 2. The molecule has 0 spiro atoms. The Morgan fingerprint density at radius 3 is 2.50 bits per heavy atom. The van der Waals surface area contributed by atoms with Crippen LogP contribution in [-0.4, -0.2) is 20.7 Å². The van der Waals surface area contributed by atoms with Crippen LogP contribution in [0.15, 0.2) is 0 Å². The maximum absolute atomic E-state index is 10.5. The average Bonchev–Trinajstić information content (AvgIpc) is 2.13. The fraction of sp³-hybridized carbons (Fsp3) is 0.400. The molecule has 54 valence electrons. The van der Waals surface area contributed by atoms with E-state index in [0.29, 0.717) is 5.82 Å². The Morgan fingerprint density at radius 2 is 2.30 bits per heavy atom. The smallest absolute Gasteiger partial charge is 0.288 e. The normalized spacial score (nSPS) is 9.80. The van der Waals surface area contributed by atoms with Gasteiger partial charge in [0.1, 0.15) is 5.82 Å². The van der Waals surface area contributed by atoms with E-state index in [1.807, 2.05) is 0 Å². The first-order valence-electron chi connectivity index (χ1n) is 2.78. The van der Waals surface area contributed by atoms with Crippen molar-refractivity contribution in [3.05, 3.63) is 11.6 Å². The summed E-state index contributed by atoms with van der Waals surface area (Å²) in [6, 6.07) is 0. The lowest BCUT2D eigenvalue weighted by Gasteiger charge is -1.85. The highest BCUT2D eigenvalue weighted by molar-refractivity contribution is 5.88. The van der Waals surface area contributed by atoms with Crippen molar-refractivity contribution in [3.63, 3.8) is 0 Å². The third-order valence-corrected chi connectivity index (χ3v) is 1.20. The standard InChI is InChI=1S/C5H8N4O/c1-3-7-5(4(6)10)8-9(3)2/h1-2H3,(H2,6,10). The molecule has 0 aromatic carbocycles. The van der Waals surface area contributed by atoms with E-state index >= 15 is 0 Å². The molecule has 0 unspecified atom stereocenters. The molecule has 1 aromatic heterocycles. The van der Waals surface area contributed by atoms with Gasteiger partial charge in [-0.2, -0.15) is 0 Å². The fourth-order valence-electron chi connectivity index (χ4n) is 0.567. The largest absolute Gasteiger partial charge is 0.363 e. The van der Waals surface area contributed by atoms with Crippen molar-refractivity contribution < 1.29 is 4.79 Å². The second kappa shape index (κ2) is 2.09. The summed E-state index contributed by atoms with van der Waals surface area (Å²) in [5.41, 5.74) is 4.92. The Bertz CT molecular complexity index is 245. The zero-order chi connectivity index (χ0) is 7.72. The Labute approximate surface area is 57.9 Å². The molecule has 5 nitrogen and oxygen atoms in total. The van der Waals surface area contributed by atoms with Crippen LogP contribution in [0.5, 0.6) is 0 Å². The van der Waals surface area contributed by atoms with E-state index in [1.54, 1.807) is 14.0 Å². The summed E-state index contributed by atoms with van der Waals surface area (Å²) in [6.45, 7) is 1.75. The minimum Gasteiger partial charge on any atom is -0.363 e. The van der Waals surface area contributed by atoms with E-state index in [-0.39, 0.29) is 5.82 Å². The molecule has 0 atom stereocenters. The molecule has 1 aromatic rings. The van der Waals surface area contributed by atoms with E-state index in [4.69, 9.17) is 5.73 Å². The molecule has 0 aliphatic carbocycles. The lowest BCUT2D eigenvalue weighted by atomic mass is 10.6. The van der Waals surface area contributed by atoms with E-state index in [1.165, 1.54) is 4.68 Å². The van der Waals surface area contributed by atoms with Crippen LogP contribution in [0, 0.1) is 6.92 Å². The summed E-state index contributed by atoms with van der Waals surface area (Å²) in [5.74, 6) is 0.150. The van der Waals surface area contributed by atoms with Crippen LogP contribution in [0.1, 0.15) is 16.4 Å². The molecule has 0 saturated heterocycles. The van der Waals surface area contributed by atoms with Crippen LogP contribution < -0.4 is 5.73 Å². The molecular formula is C5H8N4O. The minimum atomic E-state index is -0.594. The first kappa shape index (κ1) is 6.73. The van der Waals surface area contributed by atoms with Crippen LogP contribution >= 0.6 is 0 Å². The van der Waals surface area contributed by atoms with Gasteiger partial charge in [0.15, 0.2) is 0 Å². The predicted molar refractivity (Wildman–Crippen MR) is 34.3 cm³/mol. The van der Waals surface area contributed by atoms with Crippen LogP contribution in [0.2, 0.25) is 0 Å². The number of nitrogens with two attached hydrogens (primary N) is 1. The number of rotatable bonds is 1. The third kappa shape index (κ3) is 0.975. The van der Waals surface area contributed by atoms with E-state index in [9.17, 15) is 4.79 Å². The summed E-state index contributed by atoms with van der Waals surface area (Å²) < 4.78 is 1.50. The number of primary amides is 1. The first-order valence-corrected chi connectivity index (χ1v) is 2.78. The van der Waals surface area contributed by atoms with Gasteiger partial charge in [-0.25, -0.2) is 4.98 Å². The molecule has 0 saturated carbocycles. The summed E-state index contributed by atoms with van der Waals surface area (Å²) >= 11 is 0. The highest BCUT2D eigenvalue weighted by Crippen LogP contribution is 1.91. The Balaban J connectivity index is 3.10. The fourth-order valence-corrected chi connectivity index (χ4v) is 0.567. The van der Waals surface area contributed by atoms with Gasteiger partial charge < -0.3 is 5.73 Å². The quantitative estimate of drug-likeness (QED) is 0.556. The van der Waals surface area contributed by atoms with Gasteiger partial charge in [0, 0.05) is 7.05 Å². The highest BCUT2D eigenvalue weighted by atomic mass is 16.1. The van der Waals surface area contributed by atoms with Gasteiger partial charge in [0.05, 0.1) is 0 Å². The SMILES string of the molecule is Cc1nc(C(N)=O)nn1C. The van der Waals surface area contributed by atoms with Gasteiger partial charge in [-0.15, -0.1) is 5.10 Å². The predicted octanol–water partition coefficient (Wildman–Crippen LogP) is -0.778. The molecule has 1 amide bonds. The lowest BCUT2D eigenvalue weighted by Crippen LogP contribution is -2.13. The summed E-state index contributed by atoms with van der Waals surface area (Å²) in [4.78, 5) is 14.2. The van der Waals surface area contributed by atoms with Gasteiger partial charge in [0.2, 0.25) is 5.82 Å². The molecule has 0 bridgehead atoms. The van der Waals surface area contributed by atoms with Crippen LogP contribution in [0.4, 0.5) is 0 Å². The van der Waals surface area contributed by atoms with E-state index in [2.05, 4.69) is 10.1 Å². The Hall–Kier alpha value is -1.39. The van der Waals surface area contributed by atoms with Crippen LogP contribution in [0.3, 0.4) is 0 Å². The number of carbonyl (C=O) groups excluding carboxylic acids is 1. The zero-order valence-corrected chi connectivity index (χ0v) is 5.83. The van der Waals surface area contributed by atoms with Crippen molar-refractivity contribution in [2.75, 3.05) is 0 Å². The van der Waals surface area contributed by atoms with Crippen molar-refractivity contribution in [2.45, 2.75) is 6.92 Å². The molecule has 1 heterocycles. The summed E-state index contributed by atoms with van der Waals surface area (Å²) in [5, 5.41) is 3.74. The second-order valence-corrected chi connectivity index (χ2v) is 1.97. The molecule has 2 N–H and O–H groups in total. The number of aromatic nitrogens is 3. The highest BCUT2D eigenvalue weighted by Gasteiger charge is 2.06. The van der Waals surface area contributed by atoms with Crippen molar-refractivity contribution in [1.82, 2.24) is 14.8 Å². The van der Waals surface area contributed by atoms with Crippen molar-refractivity contribution in [3.8, 4) is 0 Å². The van der Waals surface area contributed by atoms with E-state index in [0.717, 1.165) is 0 Å². The van der Waals surface area contributed by atoms with Crippen molar-refractivity contribution in [1.29, 1.82) is 0 Å². The number of hydrogen-bond donors (Lipinski definition) is 1. The van der Waals surface area contributed by atoms with Gasteiger partial charge in [-0.3, -0.25) is 9.48 Å². The second-order valence-electron chi connectivity index (χ2n) is 1.97. The number of hydrogen-bond acceptors (Lipinski definition) is 3. The van der Waals surface area contributed by atoms with Crippen LogP contribution in [-0.2, 0) is 7.05 Å². The molecule has 5 heteroatoms. The molecule has 10 heavy (non-hydrogen) atoms. The zero-order valence-electron chi connectivity index (χ0n) is 5.83. The third-order valence-electron chi connectivity index (χ3n) is 1.20. The molecular weight excluding hydrogens is 132 g/mol. The van der Waals surface area contributed by atoms with Gasteiger partial charge in [0.25, 0.3) is 5.91 Å². The maximum Gasteiger partial charge on any atom is 0.288 e. The van der Waals surface area contributed by atoms with Crippen LogP contribution in [0.25, 0.3) is 0 Å². The molecule has 0 aliphatic rings. The van der Waals surface area contributed by atoms with Gasteiger partial charge in [-0.05, 0) is 6.92 Å². The number of carbonyl (C=O) groups is 1. The Kier molecular flexibility index (Phi) is 1.41. The Morgan fingerprint density at radius 1 is 1.70 bits per heavy atom. The lowest BCUT2D eigenvalue weighted by molar-refractivity contribution is 0.0990. The van der Waals surface area contributed by atoms with E-state index < -0.39 is 5.91 Å². The maximum atomic E-state index is 10.5. The van der Waals surface area contributed by atoms with Crippen molar-refractivity contribution in [2.24, 2.45) is 12.8 Å². The monoisotopic (exact) mass is 140 g/mol. The molecule has 1 rings (SSSR count). The number of nitrogens with zero attached hydrogens (tertiary/aromatic N) is 3. The summed E-state index contributed by atoms with van der Waals surface area (Å²) in [7, 11) is 1.70. The average molecular weight is 140 g/mol. The number of amides is 1. The molecule has 0 aliphatic heterocycles. The van der Waals surface area contributed by atoms with Crippen molar-refractivity contribution >= 4 is 5.91 Å². The molecule has 0 fully saturated rings. The summed E-state index contributed by atoms with van der Waals surface area (Å²) in [6.07, 6.45) is 0.